The lowest BCUT2D eigenvalue weighted by molar-refractivity contribution is 0.139. The third-order valence-electron chi connectivity index (χ3n) is 1.61. The first-order chi connectivity index (χ1) is 5.74. The second-order valence-corrected chi connectivity index (χ2v) is 2.63. The first kappa shape index (κ1) is 9.06. The van der Waals surface area contributed by atoms with E-state index in [1.165, 1.54) is 0 Å². The number of nitrogen functional groups attached to an aromatic ring is 1. The quantitative estimate of drug-likeness (QED) is 0.678. The summed E-state index contributed by atoms with van der Waals surface area (Å²) >= 11 is 0. The summed E-state index contributed by atoms with van der Waals surface area (Å²) in [6.45, 7) is 6.11. The molecule has 1 rings (SSSR count). The zero-order valence-electron chi connectivity index (χ0n) is 7.58. The van der Waals surface area contributed by atoms with Gasteiger partial charge in [-0.25, -0.2) is 4.98 Å². The van der Waals surface area contributed by atoms with Crippen LogP contribution in [0.5, 0.6) is 0 Å². The van der Waals surface area contributed by atoms with Gasteiger partial charge >= 0.3 is 0 Å². The maximum absolute atomic E-state index is 5.62. The molecule has 2 N–H and O–H groups in total. The number of aromatic nitrogens is 2. The summed E-state index contributed by atoms with van der Waals surface area (Å²) in [7, 11) is 0. The van der Waals surface area contributed by atoms with Gasteiger partial charge in [0.05, 0.1) is 12.3 Å². The van der Waals surface area contributed by atoms with Crippen LogP contribution in [0, 0.1) is 6.92 Å². The minimum absolute atomic E-state index is 0.562. The Kier molecular flexibility index (Phi) is 3.10. The molecule has 1 heterocycles. The van der Waals surface area contributed by atoms with Gasteiger partial charge in [-0.3, -0.25) is 0 Å². The van der Waals surface area contributed by atoms with E-state index < -0.39 is 0 Å². The van der Waals surface area contributed by atoms with Crippen molar-refractivity contribution in [3.63, 3.8) is 0 Å². The van der Waals surface area contributed by atoms with Gasteiger partial charge in [0.1, 0.15) is 0 Å². The Morgan fingerprint density at radius 2 is 2.42 bits per heavy atom. The van der Waals surface area contributed by atoms with E-state index in [1.54, 1.807) is 0 Å². The van der Waals surface area contributed by atoms with E-state index in [1.807, 2.05) is 24.6 Å². The molecule has 0 aliphatic rings. The molecule has 0 aliphatic carbocycles. The monoisotopic (exact) mass is 169 g/mol. The second kappa shape index (κ2) is 4.11. The fraction of sp³-hybridized carbons (Fsp3) is 0.625. The summed E-state index contributed by atoms with van der Waals surface area (Å²) in [5.41, 5.74) is 6.57. The number of nitrogens with zero attached hydrogens (tertiary/aromatic N) is 2. The molecule has 0 bridgehead atoms. The van der Waals surface area contributed by atoms with Gasteiger partial charge in [-0.05, 0) is 13.8 Å². The van der Waals surface area contributed by atoms with Crippen molar-refractivity contribution in [2.45, 2.75) is 20.4 Å². The van der Waals surface area contributed by atoms with Crippen LogP contribution in [0.2, 0.25) is 0 Å². The molecule has 0 atom stereocenters. The number of hydrogen-bond donors (Lipinski definition) is 1. The van der Waals surface area contributed by atoms with Crippen LogP contribution in [0.25, 0.3) is 0 Å². The van der Waals surface area contributed by atoms with Crippen molar-refractivity contribution in [2.75, 3.05) is 18.9 Å². The molecule has 0 saturated carbocycles. The van der Waals surface area contributed by atoms with Crippen LogP contribution in [0.3, 0.4) is 0 Å². The van der Waals surface area contributed by atoms with E-state index in [-0.39, 0.29) is 0 Å². The summed E-state index contributed by atoms with van der Waals surface area (Å²) in [5, 5.41) is 0. The van der Waals surface area contributed by atoms with E-state index in [9.17, 15) is 0 Å². The molecule has 1 aromatic heterocycles. The van der Waals surface area contributed by atoms with Crippen molar-refractivity contribution in [1.82, 2.24) is 9.55 Å². The lowest BCUT2D eigenvalue weighted by Crippen LogP contribution is -2.07. The third kappa shape index (κ3) is 2.23. The summed E-state index contributed by atoms with van der Waals surface area (Å²) in [6, 6.07) is 0. The number of hydrogen-bond acceptors (Lipinski definition) is 3. The number of nitrogens with two attached hydrogens (primary N) is 1. The van der Waals surface area contributed by atoms with Crippen LogP contribution in [-0.2, 0) is 11.3 Å². The van der Waals surface area contributed by atoms with Crippen LogP contribution in [0.15, 0.2) is 6.20 Å². The third-order valence-corrected chi connectivity index (χ3v) is 1.61. The zero-order valence-corrected chi connectivity index (χ0v) is 7.58. The molecule has 1 aromatic rings. The molecular weight excluding hydrogens is 154 g/mol. The van der Waals surface area contributed by atoms with Crippen molar-refractivity contribution in [2.24, 2.45) is 0 Å². The van der Waals surface area contributed by atoms with Crippen molar-refractivity contribution < 1.29 is 4.74 Å². The van der Waals surface area contributed by atoms with Gasteiger partial charge in [0, 0.05) is 19.3 Å². The maximum atomic E-state index is 5.62. The standard InChI is InChI=1S/C8H15N3O/c1-3-12-5-4-11-6-7(2)10-8(11)9/h6H,3-5H2,1-2H3,(H2,9,10). The molecule has 4 heteroatoms. The molecule has 68 valence electrons. The number of anilines is 1. The lowest BCUT2D eigenvalue weighted by atomic mass is 10.5. The highest BCUT2D eigenvalue weighted by atomic mass is 16.5. The minimum Gasteiger partial charge on any atom is -0.380 e. The Bertz CT molecular complexity index is 244. The molecule has 0 aromatic carbocycles. The van der Waals surface area contributed by atoms with Gasteiger partial charge in [-0.2, -0.15) is 0 Å². The van der Waals surface area contributed by atoms with Gasteiger partial charge in [0.25, 0.3) is 0 Å². The normalized spacial score (nSPS) is 10.5. The average molecular weight is 169 g/mol. The van der Waals surface area contributed by atoms with Crippen LogP contribution in [0.4, 0.5) is 5.95 Å². The highest BCUT2D eigenvalue weighted by Gasteiger charge is 1.99. The lowest BCUT2D eigenvalue weighted by Gasteiger charge is -2.03. The van der Waals surface area contributed by atoms with Crippen LogP contribution < -0.4 is 5.73 Å². The molecule has 0 aliphatic heterocycles. The molecule has 12 heavy (non-hydrogen) atoms. The topological polar surface area (TPSA) is 53.1 Å². The Labute approximate surface area is 72.3 Å². The van der Waals surface area contributed by atoms with E-state index >= 15 is 0 Å². The fourth-order valence-electron chi connectivity index (χ4n) is 1.05. The molecule has 0 spiro atoms. The Hall–Kier alpha value is -1.03. The fourth-order valence-corrected chi connectivity index (χ4v) is 1.05. The molecule has 0 fully saturated rings. The van der Waals surface area contributed by atoms with Crippen molar-refractivity contribution in [3.8, 4) is 0 Å². The van der Waals surface area contributed by atoms with Crippen molar-refractivity contribution in [3.05, 3.63) is 11.9 Å². The minimum atomic E-state index is 0.562. The summed E-state index contributed by atoms with van der Waals surface area (Å²) in [5.74, 6) is 0.562. The Balaban J connectivity index is 2.45. The molecule has 4 nitrogen and oxygen atoms in total. The first-order valence-electron chi connectivity index (χ1n) is 4.11. The number of rotatable bonds is 4. The van der Waals surface area contributed by atoms with Crippen LogP contribution in [-0.4, -0.2) is 22.8 Å². The highest BCUT2D eigenvalue weighted by molar-refractivity contribution is 5.20. The molecule has 0 saturated heterocycles. The summed E-state index contributed by atoms with van der Waals surface area (Å²) in [4.78, 5) is 4.07. The SMILES string of the molecule is CCOCCn1cc(C)nc1N. The van der Waals surface area contributed by atoms with E-state index in [2.05, 4.69) is 4.98 Å². The van der Waals surface area contributed by atoms with Crippen molar-refractivity contribution in [1.29, 1.82) is 0 Å². The van der Waals surface area contributed by atoms with Gasteiger partial charge in [-0.15, -0.1) is 0 Å². The van der Waals surface area contributed by atoms with Gasteiger partial charge in [0.2, 0.25) is 0 Å². The zero-order chi connectivity index (χ0) is 8.97. The van der Waals surface area contributed by atoms with Gasteiger partial charge in [-0.1, -0.05) is 0 Å². The van der Waals surface area contributed by atoms with E-state index in [0.717, 1.165) is 18.8 Å². The maximum Gasteiger partial charge on any atom is 0.200 e. The van der Waals surface area contributed by atoms with E-state index in [0.29, 0.717) is 12.6 Å². The summed E-state index contributed by atoms with van der Waals surface area (Å²) < 4.78 is 7.09. The molecule has 0 amide bonds. The number of imidazole rings is 1. The Morgan fingerprint density at radius 1 is 1.67 bits per heavy atom. The van der Waals surface area contributed by atoms with Crippen LogP contribution in [0.1, 0.15) is 12.6 Å². The largest absolute Gasteiger partial charge is 0.380 e. The first-order valence-corrected chi connectivity index (χ1v) is 4.11. The van der Waals surface area contributed by atoms with Crippen LogP contribution >= 0.6 is 0 Å². The predicted octanol–water partition coefficient (Wildman–Crippen LogP) is 0.810. The van der Waals surface area contributed by atoms with Crippen molar-refractivity contribution >= 4 is 5.95 Å². The highest BCUT2D eigenvalue weighted by Crippen LogP contribution is 2.02. The summed E-state index contributed by atoms with van der Waals surface area (Å²) in [6.07, 6.45) is 1.92. The van der Waals surface area contributed by atoms with Gasteiger partial charge < -0.3 is 15.0 Å². The molecule has 0 radical (unpaired) electrons. The number of aryl methyl sites for hydroxylation is 1. The smallest absolute Gasteiger partial charge is 0.200 e. The number of ether oxygens (including phenoxy) is 1. The predicted molar refractivity (Wildman–Crippen MR) is 47.9 cm³/mol. The average Bonchev–Trinajstić information content (AvgIpc) is 2.31. The van der Waals surface area contributed by atoms with Gasteiger partial charge in [0.15, 0.2) is 5.95 Å². The Morgan fingerprint density at radius 3 is 2.92 bits per heavy atom. The molecular formula is C8H15N3O. The second-order valence-electron chi connectivity index (χ2n) is 2.63. The van der Waals surface area contributed by atoms with E-state index in [4.69, 9.17) is 10.5 Å². The molecule has 0 unspecified atom stereocenters.